The van der Waals surface area contributed by atoms with Gasteiger partial charge in [-0.25, -0.2) is 0 Å². The van der Waals surface area contributed by atoms with Gasteiger partial charge in [0, 0.05) is 0 Å². The fourth-order valence-corrected chi connectivity index (χ4v) is 3.83. The molecule has 0 aliphatic rings. The molecule has 0 radical (unpaired) electrons. The zero-order valence-corrected chi connectivity index (χ0v) is 20.5. The van der Waals surface area contributed by atoms with E-state index in [-0.39, 0.29) is 12.4 Å². The number of hydrogen-bond acceptors (Lipinski definition) is 3. The van der Waals surface area contributed by atoms with E-state index < -0.39 is 11.9 Å². The smallest absolute Gasteiger partial charge is 0.309 e. The molecule has 182 valence electrons. The Kier molecular flexibility index (Phi) is 22.4. The van der Waals surface area contributed by atoms with E-state index in [1.54, 1.807) is 0 Å². The van der Waals surface area contributed by atoms with Gasteiger partial charge in [0.1, 0.15) is 0 Å². The van der Waals surface area contributed by atoms with Crippen LogP contribution in [-0.4, -0.2) is 23.7 Å². The van der Waals surface area contributed by atoms with Crippen molar-refractivity contribution in [3.63, 3.8) is 0 Å². The molecule has 0 saturated carbocycles. The Bertz CT molecular complexity index is 445. The van der Waals surface area contributed by atoms with Crippen molar-refractivity contribution in [2.45, 2.75) is 136 Å². The van der Waals surface area contributed by atoms with Gasteiger partial charge < -0.3 is 9.84 Å². The van der Waals surface area contributed by atoms with E-state index in [4.69, 9.17) is 9.84 Å². The third kappa shape index (κ3) is 21.7. The highest BCUT2D eigenvalue weighted by atomic mass is 16.5. The molecular formula is C27H50O4. The van der Waals surface area contributed by atoms with Crippen molar-refractivity contribution in [3.8, 4) is 0 Å². The van der Waals surface area contributed by atoms with Gasteiger partial charge in [-0.15, -0.1) is 0 Å². The molecular weight excluding hydrogens is 388 g/mol. The normalized spacial score (nSPS) is 12.3. The summed E-state index contributed by atoms with van der Waals surface area (Å²) < 4.78 is 5.13. The second-order valence-corrected chi connectivity index (χ2v) is 8.90. The minimum absolute atomic E-state index is 0.124. The minimum atomic E-state index is -0.927. The number of hydrogen-bond donors (Lipinski definition) is 1. The average molecular weight is 439 g/mol. The van der Waals surface area contributed by atoms with Crippen LogP contribution < -0.4 is 0 Å². The second-order valence-electron chi connectivity index (χ2n) is 8.90. The molecule has 0 rings (SSSR count). The molecule has 0 aromatic heterocycles. The Labute approximate surface area is 192 Å². The fraction of sp³-hybridized carbons (Fsp3) is 0.852. The first-order chi connectivity index (χ1) is 15.1. The average Bonchev–Trinajstić information content (AvgIpc) is 2.75. The predicted octanol–water partition coefficient (Wildman–Crippen LogP) is 8.24. The van der Waals surface area contributed by atoms with Crippen LogP contribution in [-0.2, 0) is 14.3 Å². The van der Waals surface area contributed by atoms with Crippen LogP contribution in [0.2, 0.25) is 0 Å². The Morgan fingerprint density at radius 3 is 1.68 bits per heavy atom. The highest BCUT2D eigenvalue weighted by Gasteiger charge is 2.22. The summed E-state index contributed by atoms with van der Waals surface area (Å²) in [6.45, 7) is 4.58. The monoisotopic (exact) mass is 438 g/mol. The second kappa shape index (κ2) is 23.3. The molecule has 1 unspecified atom stereocenters. The van der Waals surface area contributed by atoms with Crippen LogP contribution in [0.3, 0.4) is 0 Å². The van der Waals surface area contributed by atoms with Crippen molar-refractivity contribution in [2.75, 3.05) is 6.61 Å². The summed E-state index contributed by atoms with van der Waals surface area (Å²) in [5.41, 5.74) is 0. The standard InChI is InChI=1S/C27H50O4/c1-3-5-6-7-8-9-10-11-12-13-14-15-16-17-18-19-20-21-22-25(24-26(28)29)27(30)31-23-4-2/h16-17,25H,3-15,18-24H2,1-2H3,(H,28,29)/b17-16+. The highest BCUT2D eigenvalue weighted by molar-refractivity contribution is 5.79. The molecule has 1 atom stereocenters. The number of carboxylic acids is 1. The number of allylic oxidation sites excluding steroid dienone is 2. The van der Waals surface area contributed by atoms with E-state index in [0.717, 1.165) is 32.1 Å². The molecule has 0 aromatic rings. The topological polar surface area (TPSA) is 63.6 Å². The van der Waals surface area contributed by atoms with Crippen molar-refractivity contribution in [1.82, 2.24) is 0 Å². The van der Waals surface area contributed by atoms with Crippen molar-refractivity contribution in [1.29, 1.82) is 0 Å². The molecule has 0 spiro atoms. The van der Waals surface area contributed by atoms with Gasteiger partial charge in [0.25, 0.3) is 0 Å². The lowest BCUT2D eigenvalue weighted by molar-refractivity contribution is -0.153. The first-order valence-electron chi connectivity index (χ1n) is 13.1. The van der Waals surface area contributed by atoms with Crippen molar-refractivity contribution < 1.29 is 19.4 Å². The van der Waals surface area contributed by atoms with Crippen LogP contribution in [0.25, 0.3) is 0 Å². The van der Waals surface area contributed by atoms with Gasteiger partial charge in [0.15, 0.2) is 0 Å². The molecule has 1 N–H and O–H groups in total. The molecule has 0 aromatic carbocycles. The van der Waals surface area contributed by atoms with Crippen LogP contribution in [0.4, 0.5) is 0 Å². The van der Waals surface area contributed by atoms with E-state index in [1.807, 2.05) is 6.92 Å². The summed E-state index contributed by atoms with van der Waals surface area (Å²) in [5, 5.41) is 8.99. The number of carbonyl (C=O) groups excluding carboxylic acids is 1. The van der Waals surface area contributed by atoms with Crippen LogP contribution in [0.1, 0.15) is 136 Å². The van der Waals surface area contributed by atoms with E-state index >= 15 is 0 Å². The number of carboxylic acid groups (broad SMARTS) is 1. The van der Waals surface area contributed by atoms with Gasteiger partial charge in [-0.2, -0.15) is 0 Å². The third-order valence-corrected chi connectivity index (χ3v) is 5.77. The number of unbranched alkanes of at least 4 members (excludes halogenated alkanes) is 14. The maximum absolute atomic E-state index is 12.0. The summed E-state index contributed by atoms with van der Waals surface area (Å²) in [6, 6.07) is 0. The molecule has 0 bridgehead atoms. The summed E-state index contributed by atoms with van der Waals surface area (Å²) in [6.07, 6.45) is 26.3. The number of carbonyl (C=O) groups is 2. The van der Waals surface area contributed by atoms with Gasteiger partial charge >= 0.3 is 11.9 Å². The molecule has 31 heavy (non-hydrogen) atoms. The highest BCUT2D eigenvalue weighted by Crippen LogP contribution is 2.17. The number of esters is 1. The van der Waals surface area contributed by atoms with Crippen molar-refractivity contribution in [3.05, 3.63) is 12.2 Å². The van der Waals surface area contributed by atoms with Crippen LogP contribution in [0.15, 0.2) is 12.2 Å². The quantitative estimate of drug-likeness (QED) is 0.0991. The Morgan fingerprint density at radius 1 is 0.710 bits per heavy atom. The number of ether oxygens (including phenoxy) is 1. The maximum atomic E-state index is 12.0. The van der Waals surface area contributed by atoms with Gasteiger partial charge in [-0.05, 0) is 38.5 Å². The third-order valence-electron chi connectivity index (χ3n) is 5.77. The SMILES string of the molecule is CCCCCCCCCCCCC/C=C/CCCCCC(CC(=O)O)C(=O)OCCC. The van der Waals surface area contributed by atoms with E-state index in [0.29, 0.717) is 13.0 Å². The molecule has 0 aliphatic carbocycles. The van der Waals surface area contributed by atoms with Gasteiger partial charge in [-0.3, -0.25) is 9.59 Å². The summed E-state index contributed by atoms with van der Waals surface area (Å²) in [5.74, 6) is -1.78. The Balaban J connectivity index is 3.53. The molecule has 0 heterocycles. The lowest BCUT2D eigenvalue weighted by atomic mass is 9.97. The van der Waals surface area contributed by atoms with Gasteiger partial charge in [0.2, 0.25) is 0 Å². The molecule has 4 nitrogen and oxygen atoms in total. The Morgan fingerprint density at radius 2 is 1.19 bits per heavy atom. The lowest BCUT2D eigenvalue weighted by Gasteiger charge is -2.13. The zero-order valence-electron chi connectivity index (χ0n) is 20.5. The molecule has 0 amide bonds. The van der Waals surface area contributed by atoms with E-state index in [1.165, 1.54) is 77.0 Å². The van der Waals surface area contributed by atoms with Gasteiger partial charge in [0.05, 0.1) is 18.9 Å². The van der Waals surface area contributed by atoms with Crippen LogP contribution >= 0.6 is 0 Å². The molecule has 0 aliphatic heterocycles. The first-order valence-corrected chi connectivity index (χ1v) is 13.1. The summed E-state index contributed by atoms with van der Waals surface area (Å²) in [7, 11) is 0. The molecule has 0 fully saturated rings. The van der Waals surface area contributed by atoms with Crippen molar-refractivity contribution >= 4 is 11.9 Å². The number of aliphatic carboxylic acids is 1. The van der Waals surface area contributed by atoms with Gasteiger partial charge in [-0.1, -0.05) is 103 Å². The molecule has 0 saturated heterocycles. The van der Waals surface area contributed by atoms with E-state index in [9.17, 15) is 9.59 Å². The zero-order chi connectivity index (χ0) is 23.0. The van der Waals surface area contributed by atoms with Crippen molar-refractivity contribution in [2.24, 2.45) is 5.92 Å². The predicted molar refractivity (Wildman–Crippen MR) is 130 cm³/mol. The maximum Gasteiger partial charge on any atom is 0.309 e. The summed E-state index contributed by atoms with van der Waals surface area (Å²) >= 11 is 0. The first kappa shape index (κ1) is 29.7. The molecule has 4 heteroatoms. The van der Waals surface area contributed by atoms with E-state index in [2.05, 4.69) is 19.1 Å². The lowest BCUT2D eigenvalue weighted by Crippen LogP contribution is -2.21. The van der Waals surface area contributed by atoms with Crippen LogP contribution in [0.5, 0.6) is 0 Å². The number of rotatable bonds is 23. The minimum Gasteiger partial charge on any atom is -0.481 e. The Hall–Kier alpha value is -1.32. The fourth-order valence-electron chi connectivity index (χ4n) is 3.83. The summed E-state index contributed by atoms with van der Waals surface area (Å²) in [4.78, 5) is 22.9. The largest absolute Gasteiger partial charge is 0.481 e. The van der Waals surface area contributed by atoms with Crippen LogP contribution in [0, 0.1) is 5.92 Å².